The Morgan fingerprint density at radius 3 is 2.47 bits per heavy atom. The van der Waals surface area contributed by atoms with E-state index in [-0.39, 0.29) is 11.6 Å². The van der Waals surface area contributed by atoms with Crippen LogP contribution in [0.5, 0.6) is 0 Å². The van der Waals surface area contributed by atoms with Gasteiger partial charge in [0.15, 0.2) is 0 Å². The molecule has 1 aliphatic heterocycles. The summed E-state index contributed by atoms with van der Waals surface area (Å²) in [5.41, 5.74) is 7.81. The van der Waals surface area contributed by atoms with Crippen LogP contribution in [0, 0.1) is 0 Å². The lowest BCUT2D eigenvalue weighted by Gasteiger charge is -2.45. The van der Waals surface area contributed by atoms with Crippen molar-refractivity contribution < 1.29 is 4.74 Å². The maximum absolute atomic E-state index is 6.50. The van der Waals surface area contributed by atoms with Crippen LogP contribution >= 0.6 is 0 Å². The quantitative estimate of drug-likeness (QED) is 0.775. The van der Waals surface area contributed by atoms with E-state index in [9.17, 15) is 0 Å². The molecule has 2 unspecified atom stereocenters. The van der Waals surface area contributed by atoms with Crippen molar-refractivity contribution in [3.05, 3.63) is 11.8 Å². The molecule has 0 aromatic carbocycles. The predicted molar refractivity (Wildman–Crippen MR) is 72.9 cm³/mol. The normalized spacial score (nSPS) is 21.6. The molecule has 0 aromatic heterocycles. The van der Waals surface area contributed by atoms with Gasteiger partial charge in [0.1, 0.15) is 0 Å². The van der Waals surface area contributed by atoms with E-state index in [1.807, 2.05) is 6.26 Å². The Labute approximate surface area is 106 Å². The number of rotatable bonds is 6. The standard InChI is InChI=1S/C14H28N2O/c1-5-14(4,16(6-2)7-3)13(15)12-9-8-10-17-11-12/h11,13H,5-10,15H2,1-4H3. The summed E-state index contributed by atoms with van der Waals surface area (Å²) in [6.07, 6.45) is 5.13. The molecule has 0 bridgehead atoms. The average molecular weight is 240 g/mol. The molecule has 3 nitrogen and oxygen atoms in total. The lowest BCUT2D eigenvalue weighted by atomic mass is 9.82. The molecule has 0 aromatic rings. The van der Waals surface area contributed by atoms with Crippen molar-refractivity contribution in [3.63, 3.8) is 0 Å². The SMILES string of the molecule is CCN(CC)C(C)(CC)C(N)C1=COCCC1. The molecule has 0 aliphatic carbocycles. The molecule has 0 fully saturated rings. The summed E-state index contributed by atoms with van der Waals surface area (Å²) in [5, 5.41) is 0. The second kappa shape index (κ2) is 6.41. The highest BCUT2D eigenvalue weighted by atomic mass is 16.5. The molecule has 0 amide bonds. The van der Waals surface area contributed by atoms with Crippen LogP contribution in [0.3, 0.4) is 0 Å². The predicted octanol–water partition coefficient (Wildman–Crippen LogP) is 2.52. The van der Waals surface area contributed by atoms with E-state index < -0.39 is 0 Å². The number of hydrogen-bond acceptors (Lipinski definition) is 3. The van der Waals surface area contributed by atoms with Crippen molar-refractivity contribution in [2.24, 2.45) is 5.73 Å². The third-order valence-electron chi connectivity index (χ3n) is 4.23. The van der Waals surface area contributed by atoms with Crippen molar-refractivity contribution >= 4 is 0 Å². The van der Waals surface area contributed by atoms with Crippen LogP contribution in [-0.2, 0) is 4.74 Å². The van der Waals surface area contributed by atoms with Gasteiger partial charge in [-0.2, -0.15) is 0 Å². The van der Waals surface area contributed by atoms with Gasteiger partial charge < -0.3 is 10.5 Å². The second-order valence-corrected chi connectivity index (χ2v) is 5.03. The molecule has 0 saturated heterocycles. The summed E-state index contributed by atoms with van der Waals surface area (Å²) in [4.78, 5) is 2.47. The van der Waals surface area contributed by atoms with Gasteiger partial charge in [-0.1, -0.05) is 20.8 Å². The largest absolute Gasteiger partial charge is 0.501 e. The number of ether oxygens (including phenoxy) is 1. The summed E-state index contributed by atoms with van der Waals surface area (Å²) < 4.78 is 5.43. The molecule has 2 atom stereocenters. The van der Waals surface area contributed by atoms with Crippen LogP contribution in [0.2, 0.25) is 0 Å². The summed E-state index contributed by atoms with van der Waals surface area (Å²) in [6.45, 7) is 11.8. The second-order valence-electron chi connectivity index (χ2n) is 5.03. The highest BCUT2D eigenvalue weighted by Gasteiger charge is 2.37. The summed E-state index contributed by atoms with van der Waals surface area (Å²) >= 11 is 0. The topological polar surface area (TPSA) is 38.5 Å². The smallest absolute Gasteiger partial charge is 0.0876 e. The van der Waals surface area contributed by atoms with Gasteiger partial charge in [0.05, 0.1) is 12.9 Å². The molecule has 3 heteroatoms. The first kappa shape index (κ1) is 14.5. The Bertz CT molecular complexity index is 261. The zero-order valence-corrected chi connectivity index (χ0v) is 11.8. The van der Waals surface area contributed by atoms with Gasteiger partial charge in [-0.05, 0) is 44.8 Å². The maximum Gasteiger partial charge on any atom is 0.0876 e. The molecule has 0 spiro atoms. The zero-order chi connectivity index (χ0) is 12.9. The van der Waals surface area contributed by atoms with Gasteiger partial charge in [0, 0.05) is 11.6 Å². The van der Waals surface area contributed by atoms with E-state index in [0.717, 1.165) is 39.0 Å². The van der Waals surface area contributed by atoms with Crippen LogP contribution in [0.15, 0.2) is 11.8 Å². The molecule has 1 aliphatic rings. The molecule has 2 N–H and O–H groups in total. The third-order valence-corrected chi connectivity index (χ3v) is 4.23. The van der Waals surface area contributed by atoms with Crippen molar-refractivity contribution in [2.45, 2.75) is 58.5 Å². The van der Waals surface area contributed by atoms with Crippen LogP contribution < -0.4 is 5.73 Å². The molecule has 1 rings (SSSR count). The number of nitrogens with zero attached hydrogens (tertiary/aromatic N) is 1. The minimum atomic E-state index is 0.0377. The Kier molecular flexibility index (Phi) is 5.47. The van der Waals surface area contributed by atoms with Crippen LogP contribution in [0.1, 0.15) is 47.0 Å². The average Bonchev–Trinajstić information content (AvgIpc) is 2.39. The lowest BCUT2D eigenvalue weighted by Crippen LogP contribution is -2.58. The Morgan fingerprint density at radius 2 is 2.06 bits per heavy atom. The van der Waals surface area contributed by atoms with E-state index in [2.05, 4.69) is 32.6 Å². The van der Waals surface area contributed by atoms with E-state index in [1.54, 1.807) is 0 Å². The van der Waals surface area contributed by atoms with Crippen LogP contribution in [0.4, 0.5) is 0 Å². The molecule has 17 heavy (non-hydrogen) atoms. The Balaban J connectivity index is 2.87. The molecule has 100 valence electrons. The summed E-state index contributed by atoms with van der Waals surface area (Å²) in [7, 11) is 0. The van der Waals surface area contributed by atoms with Gasteiger partial charge in [0.2, 0.25) is 0 Å². The number of nitrogens with two attached hydrogens (primary N) is 1. The van der Waals surface area contributed by atoms with Crippen molar-refractivity contribution in [1.82, 2.24) is 4.90 Å². The fraction of sp³-hybridized carbons (Fsp3) is 0.857. The van der Waals surface area contributed by atoms with Gasteiger partial charge in [-0.3, -0.25) is 4.90 Å². The lowest BCUT2D eigenvalue weighted by molar-refractivity contribution is 0.0900. The first-order chi connectivity index (χ1) is 8.10. The van der Waals surface area contributed by atoms with Crippen molar-refractivity contribution in [2.75, 3.05) is 19.7 Å². The summed E-state index contributed by atoms with van der Waals surface area (Å²) in [5.74, 6) is 0. The summed E-state index contributed by atoms with van der Waals surface area (Å²) in [6, 6.07) is 0.0766. The fourth-order valence-electron chi connectivity index (χ4n) is 2.80. The molecule has 0 saturated carbocycles. The van der Waals surface area contributed by atoms with Crippen LogP contribution in [0.25, 0.3) is 0 Å². The third kappa shape index (κ3) is 3.02. The minimum Gasteiger partial charge on any atom is -0.501 e. The Morgan fingerprint density at radius 1 is 1.41 bits per heavy atom. The first-order valence-electron chi connectivity index (χ1n) is 6.91. The van der Waals surface area contributed by atoms with Crippen molar-refractivity contribution in [1.29, 1.82) is 0 Å². The highest BCUT2D eigenvalue weighted by Crippen LogP contribution is 2.29. The highest BCUT2D eigenvalue weighted by molar-refractivity contribution is 5.17. The number of likely N-dealkylation sites (N-methyl/N-ethyl adjacent to an activating group) is 1. The molecule has 0 radical (unpaired) electrons. The van der Waals surface area contributed by atoms with Gasteiger partial charge in [-0.25, -0.2) is 0 Å². The zero-order valence-electron chi connectivity index (χ0n) is 11.8. The molecular formula is C14H28N2O. The van der Waals surface area contributed by atoms with Crippen LogP contribution in [-0.4, -0.2) is 36.2 Å². The van der Waals surface area contributed by atoms with Gasteiger partial charge in [0.25, 0.3) is 0 Å². The minimum absolute atomic E-state index is 0.0377. The van der Waals surface area contributed by atoms with E-state index in [0.29, 0.717) is 0 Å². The van der Waals surface area contributed by atoms with Gasteiger partial charge >= 0.3 is 0 Å². The molecular weight excluding hydrogens is 212 g/mol. The van der Waals surface area contributed by atoms with E-state index in [4.69, 9.17) is 10.5 Å². The first-order valence-corrected chi connectivity index (χ1v) is 6.91. The maximum atomic E-state index is 6.50. The van der Waals surface area contributed by atoms with E-state index >= 15 is 0 Å². The number of hydrogen-bond donors (Lipinski definition) is 1. The Hall–Kier alpha value is -0.540. The van der Waals surface area contributed by atoms with Gasteiger partial charge in [-0.15, -0.1) is 0 Å². The molecule has 1 heterocycles. The van der Waals surface area contributed by atoms with Crippen molar-refractivity contribution in [3.8, 4) is 0 Å². The fourth-order valence-corrected chi connectivity index (χ4v) is 2.80. The van der Waals surface area contributed by atoms with E-state index in [1.165, 1.54) is 5.57 Å². The monoisotopic (exact) mass is 240 g/mol.